The minimum absolute atomic E-state index is 0.103. The molecule has 0 aromatic carbocycles. The first-order valence-electron chi connectivity index (χ1n) is 5.69. The Morgan fingerprint density at radius 2 is 2.00 bits per heavy atom. The number of hydrogen-bond acceptors (Lipinski definition) is 2. The van der Waals surface area contributed by atoms with Crippen molar-refractivity contribution in [2.45, 2.75) is 45.7 Å². The van der Waals surface area contributed by atoms with Crippen LogP contribution >= 0.6 is 0 Å². The van der Waals surface area contributed by atoms with Crippen LogP contribution in [0.25, 0.3) is 0 Å². The van der Waals surface area contributed by atoms with E-state index < -0.39 is 5.97 Å². The predicted molar refractivity (Wildman–Crippen MR) is 60.2 cm³/mol. The standard InChI is InChI=1S/C11H20N2O3/c1-7(2)13(6-10(14)15)11(16)12-9-4-8(3)5-9/h7-9H,4-6H2,1-3H3,(H,12,16)(H,14,15). The smallest absolute Gasteiger partial charge is 0.323 e. The third-order valence-electron chi connectivity index (χ3n) is 2.89. The van der Waals surface area contributed by atoms with Gasteiger partial charge in [-0.2, -0.15) is 0 Å². The van der Waals surface area contributed by atoms with Gasteiger partial charge in [-0.3, -0.25) is 4.79 Å². The summed E-state index contributed by atoms with van der Waals surface area (Å²) in [5, 5.41) is 11.6. The highest BCUT2D eigenvalue weighted by Crippen LogP contribution is 2.26. The van der Waals surface area contributed by atoms with Crippen molar-refractivity contribution < 1.29 is 14.7 Å². The van der Waals surface area contributed by atoms with Gasteiger partial charge in [0.05, 0.1) is 0 Å². The molecule has 0 unspecified atom stereocenters. The lowest BCUT2D eigenvalue weighted by molar-refractivity contribution is -0.138. The Morgan fingerprint density at radius 1 is 1.44 bits per heavy atom. The summed E-state index contributed by atoms with van der Waals surface area (Å²) in [5.74, 6) is -0.317. The van der Waals surface area contributed by atoms with Crippen molar-refractivity contribution in [2.75, 3.05) is 6.54 Å². The number of carboxylic acids is 1. The largest absolute Gasteiger partial charge is 0.480 e. The summed E-state index contributed by atoms with van der Waals surface area (Å²) in [7, 11) is 0. The van der Waals surface area contributed by atoms with Crippen molar-refractivity contribution >= 4 is 12.0 Å². The number of nitrogens with one attached hydrogen (secondary N) is 1. The maximum absolute atomic E-state index is 11.8. The summed E-state index contributed by atoms with van der Waals surface area (Å²) in [4.78, 5) is 23.7. The second-order valence-electron chi connectivity index (χ2n) is 4.84. The minimum Gasteiger partial charge on any atom is -0.480 e. The Labute approximate surface area is 95.8 Å². The molecule has 0 atom stereocenters. The molecule has 1 aliphatic carbocycles. The third-order valence-corrected chi connectivity index (χ3v) is 2.89. The molecule has 0 aromatic heterocycles. The first-order chi connectivity index (χ1) is 7.40. The van der Waals surface area contributed by atoms with Crippen LogP contribution < -0.4 is 5.32 Å². The third kappa shape index (κ3) is 3.40. The van der Waals surface area contributed by atoms with Crippen LogP contribution in [0.5, 0.6) is 0 Å². The van der Waals surface area contributed by atoms with Gasteiger partial charge in [0.1, 0.15) is 6.54 Å². The highest BCUT2D eigenvalue weighted by molar-refractivity contribution is 5.80. The van der Waals surface area contributed by atoms with E-state index in [1.165, 1.54) is 4.90 Å². The van der Waals surface area contributed by atoms with Crippen LogP contribution in [0.1, 0.15) is 33.6 Å². The van der Waals surface area contributed by atoms with Crippen molar-refractivity contribution in [3.05, 3.63) is 0 Å². The Balaban J connectivity index is 2.44. The van der Waals surface area contributed by atoms with Crippen LogP contribution in [0.3, 0.4) is 0 Å². The maximum atomic E-state index is 11.8. The number of carbonyl (C=O) groups excluding carboxylic acids is 1. The molecule has 0 saturated heterocycles. The second kappa shape index (κ2) is 5.18. The van der Waals surface area contributed by atoms with Gasteiger partial charge in [0.15, 0.2) is 0 Å². The average molecular weight is 228 g/mol. The molecule has 0 aliphatic heterocycles. The summed E-state index contributed by atoms with van der Waals surface area (Å²) >= 11 is 0. The lowest BCUT2D eigenvalue weighted by atomic mass is 9.82. The molecular weight excluding hydrogens is 208 g/mol. The van der Waals surface area contributed by atoms with Gasteiger partial charge >= 0.3 is 12.0 Å². The molecule has 16 heavy (non-hydrogen) atoms. The molecule has 0 spiro atoms. The molecule has 2 amide bonds. The molecule has 1 fully saturated rings. The SMILES string of the molecule is CC1CC(NC(=O)N(CC(=O)O)C(C)C)C1. The molecule has 2 N–H and O–H groups in total. The zero-order chi connectivity index (χ0) is 12.3. The van der Waals surface area contributed by atoms with Gasteiger partial charge < -0.3 is 15.3 Å². The first kappa shape index (κ1) is 12.8. The summed E-state index contributed by atoms with van der Waals surface area (Å²) < 4.78 is 0. The van der Waals surface area contributed by atoms with Crippen LogP contribution in [0.15, 0.2) is 0 Å². The van der Waals surface area contributed by atoms with Crippen molar-refractivity contribution in [3.63, 3.8) is 0 Å². The Morgan fingerprint density at radius 3 is 2.38 bits per heavy atom. The van der Waals surface area contributed by atoms with Gasteiger partial charge in [0.2, 0.25) is 0 Å². The molecule has 1 rings (SSSR count). The number of rotatable bonds is 4. The molecule has 0 radical (unpaired) electrons. The molecule has 5 heteroatoms. The van der Waals surface area contributed by atoms with Crippen LogP contribution in [0.4, 0.5) is 4.79 Å². The van der Waals surface area contributed by atoms with E-state index in [0.29, 0.717) is 5.92 Å². The van der Waals surface area contributed by atoms with Crippen molar-refractivity contribution in [1.29, 1.82) is 0 Å². The molecule has 0 bridgehead atoms. The molecule has 1 saturated carbocycles. The molecule has 92 valence electrons. The topological polar surface area (TPSA) is 69.6 Å². The predicted octanol–water partition coefficient (Wildman–Crippen LogP) is 1.29. The summed E-state index contributed by atoms with van der Waals surface area (Å²) in [5.41, 5.74) is 0. The van der Waals surface area contributed by atoms with Gasteiger partial charge in [0, 0.05) is 12.1 Å². The van der Waals surface area contributed by atoms with Gasteiger partial charge in [-0.15, -0.1) is 0 Å². The van der Waals surface area contributed by atoms with E-state index in [0.717, 1.165) is 12.8 Å². The lowest BCUT2D eigenvalue weighted by Gasteiger charge is -2.35. The van der Waals surface area contributed by atoms with Gasteiger partial charge in [-0.05, 0) is 32.6 Å². The highest BCUT2D eigenvalue weighted by atomic mass is 16.4. The molecule has 0 heterocycles. The molecule has 0 aromatic rings. The Bertz CT molecular complexity index is 272. The second-order valence-corrected chi connectivity index (χ2v) is 4.84. The number of carboxylic acid groups (broad SMARTS) is 1. The lowest BCUT2D eigenvalue weighted by Crippen LogP contribution is -2.52. The van der Waals surface area contributed by atoms with E-state index in [2.05, 4.69) is 12.2 Å². The minimum atomic E-state index is -0.981. The van der Waals surface area contributed by atoms with E-state index in [4.69, 9.17) is 5.11 Å². The highest BCUT2D eigenvalue weighted by Gasteiger charge is 2.29. The van der Waals surface area contributed by atoms with Crippen LogP contribution in [-0.4, -0.2) is 40.6 Å². The first-order valence-corrected chi connectivity index (χ1v) is 5.69. The number of urea groups is 1. The zero-order valence-electron chi connectivity index (χ0n) is 10.1. The summed E-state index contributed by atoms with van der Waals surface area (Å²) in [6, 6.07) is -0.152. The average Bonchev–Trinajstić information content (AvgIpc) is 2.10. The fourth-order valence-electron chi connectivity index (χ4n) is 1.91. The zero-order valence-corrected chi connectivity index (χ0v) is 10.1. The van der Waals surface area contributed by atoms with Crippen LogP contribution in [0, 0.1) is 5.92 Å². The number of aliphatic carboxylic acids is 1. The summed E-state index contributed by atoms with van der Waals surface area (Å²) in [6.07, 6.45) is 1.98. The maximum Gasteiger partial charge on any atom is 0.323 e. The van der Waals surface area contributed by atoms with Crippen LogP contribution in [0.2, 0.25) is 0 Å². The molecular formula is C11H20N2O3. The van der Waals surface area contributed by atoms with E-state index in [1.54, 1.807) is 0 Å². The van der Waals surface area contributed by atoms with Crippen molar-refractivity contribution in [1.82, 2.24) is 10.2 Å². The molecule has 5 nitrogen and oxygen atoms in total. The van der Waals surface area contributed by atoms with Crippen molar-refractivity contribution in [2.24, 2.45) is 5.92 Å². The fourth-order valence-corrected chi connectivity index (χ4v) is 1.91. The Hall–Kier alpha value is -1.26. The van der Waals surface area contributed by atoms with E-state index in [-0.39, 0.29) is 24.7 Å². The Kier molecular flexibility index (Phi) is 4.15. The quantitative estimate of drug-likeness (QED) is 0.761. The van der Waals surface area contributed by atoms with E-state index in [1.807, 2.05) is 13.8 Å². The van der Waals surface area contributed by atoms with Crippen LogP contribution in [-0.2, 0) is 4.79 Å². The summed E-state index contributed by atoms with van der Waals surface area (Å²) in [6.45, 7) is 5.52. The number of carbonyl (C=O) groups is 2. The number of hydrogen-bond donors (Lipinski definition) is 2. The number of nitrogens with zero attached hydrogens (tertiary/aromatic N) is 1. The van der Waals surface area contributed by atoms with Gasteiger partial charge in [-0.25, -0.2) is 4.79 Å². The normalized spacial score (nSPS) is 23.8. The molecule has 1 aliphatic rings. The van der Waals surface area contributed by atoms with Crippen molar-refractivity contribution in [3.8, 4) is 0 Å². The van der Waals surface area contributed by atoms with E-state index in [9.17, 15) is 9.59 Å². The van der Waals surface area contributed by atoms with E-state index >= 15 is 0 Å². The number of amides is 2. The fraction of sp³-hybridized carbons (Fsp3) is 0.818. The monoisotopic (exact) mass is 228 g/mol. The van der Waals surface area contributed by atoms with Gasteiger partial charge in [0.25, 0.3) is 0 Å². The van der Waals surface area contributed by atoms with Gasteiger partial charge in [-0.1, -0.05) is 6.92 Å².